The number of piperidine rings is 1. The second-order valence-electron chi connectivity index (χ2n) is 7.37. The number of methoxy groups -OCH3 is 1. The summed E-state index contributed by atoms with van der Waals surface area (Å²) in [5.41, 5.74) is 3.20. The first kappa shape index (κ1) is 18.0. The van der Waals surface area contributed by atoms with Gasteiger partial charge < -0.3 is 14.4 Å². The number of ether oxygens (including phenoxy) is 2. The Bertz CT molecular complexity index is 872. The molecule has 4 nitrogen and oxygen atoms in total. The molecule has 0 radical (unpaired) electrons. The van der Waals surface area contributed by atoms with E-state index < -0.39 is 0 Å². The standard InChI is InChI=1S/C22H24FNO3/c1-15-13-17(3-6-20(15)23)21(25)24-10-8-22(9-11-24)19-5-4-18(26-2)14-16(19)7-12-27-22/h3-6,13-14H,7-12H2,1-2H3. The predicted molar refractivity (Wildman–Crippen MR) is 101 cm³/mol. The molecule has 0 atom stereocenters. The maximum Gasteiger partial charge on any atom is 0.253 e. The quantitative estimate of drug-likeness (QED) is 0.807. The molecule has 1 fully saturated rings. The molecule has 0 saturated carbocycles. The number of aryl methyl sites for hydroxylation is 1. The van der Waals surface area contributed by atoms with E-state index in [2.05, 4.69) is 12.1 Å². The molecule has 4 rings (SSSR count). The molecule has 1 amide bonds. The lowest BCUT2D eigenvalue weighted by Gasteiger charge is -2.45. The maximum absolute atomic E-state index is 13.5. The molecule has 0 aromatic heterocycles. The fraction of sp³-hybridized carbons (Fsp3) is 0.409. The van der Waals surface area contributed by atoms with Crippen LogP contribution in [0.1, 0.15) is 39.9 Å². The molecule has 0 bridgehead atoms. The molecule has 2 aliphatic rings. The van der Waals surface area contributed by atoms with Gasteiger partial charge in [-0.05, 0) is 73.2 Å². The number of nitrogens with zero attached hydrogens (tertiary/aromatic N) is 1. The predicted octanol–water partition coefficient (Wildman–Crippen LogP) is 3.85. The van der Waals surface area contributed by atoms with E-state index in [9.17, 15) is 9.18 Å². The van der Waals surface area contributed by atoms with Gasteiger partial charge >= 0.3 is 0 Å². The van der Waals surface area contributed by atoms with Gasteiger partial charge in [0.25, 0.3) is 5.91 Å². The van der Waals surface area contributed by atoms with Gasteiger partial charge in [-0.1, -0.05) is 6.07 Å². The minimum Gasteiger partial charge on any atom is -0.497 e. The van der Waals surface area contributed by atoms with E-state index in [1.807, 2.05) is 11.0 Å². The normalized spacial score (nSPS) is 18.3. The van der Waals surface area contributed by atoms with Gasteiger partial charge in [0.2, 0.25) is 0 Å². The molecule has 2 aromatic carbocycles. The van der Waals surface area contributed by atoms with Crippen molar-refractivity contribution in [1.82, 2.24) is 4.90 Å². The Morgan fingerprint density at radius 1 is 1.19 bits per heavy atom. The van der Waals surface area contributed by atoms with Crippen LogP contribution in [0.4, 0.5) is 4.39 Å². The van der Waals surface area contributed by atoms with Crippen molar-refractivity contribution in [2.75, 3.05) is 26.8 Å². The van der Waals surface area contributed by atoms with Crippen molar-refractivity contribution in [2.45, 2.75) is 31.8 Å². The summed E-state index contributed by atoms with van der Waals surface area (Å²) in [5, 5.41) is 0. The average molecular weight is 369 g/mol. The fourth-order valence-corrected chi connectivity index (χ4v) is 4.23. The van der Waals surface area contributed by atoms with Gasteiger partial charge in [0.1, 0.15) is 11.6 Å². The number of benzene rings is 2. The van der Waals surface area contributed by atoms with E-state index in [4.69, 9.17) is 9.47 Å². The Morgan fingerprint density at radius 3 is 2.67 bits per heavy atom. The van der Waals surface area contributed by atoms with Gasteiger partial charge in [-0.3, -0.25) is 4.79 Å². The fourth-order valence-electron chi connectivity index (χ4n) is 4.23. The van der Waals surface area contributed by atoms with Crippen LogP contribution in [0.3, 0.4) is 0 Å². The number of carbonyl (C=O) groups excluding carboxylic acids is 1. The van der Waals surface area contributed by atoms with Crippen LogP contribution in [-0.2, 0) is 16.8 Å². The summed E-state index contributed by atoms with van der Waals surface area (Å²) in [6, 6.07) is 10.7. The Labute approximate surface area is 158 Å². The monoisotopic (exact) mass is 369 g/mol. The molecule has 1 spiro atoms. The zero-order chi connectivity index (χ0) is 19.0. The van der Waals surface area contributed by atoms with Gasteiger partial charge in [-0.2, -0.15) is 0 Å². The van der Waals surface area contributed by atoms with Crippen LogP contribution in [0.25, 0.3) is 0 Å². The number of hydrogen-bond acceptors (Lipinski definition) is 3. The van der Waals surface area contributed by atoms with Crippen molar-refractivity contribution in [3.63, 3.8) is 0 Å². The molecular formula is C22H24FNO3. The molecule has 1 saturated heterocycles. The zero-order valence-corrected chi connectivity index (χ0v) is 15.8. The largest absolute Gasteiger partial charge is 0.497 e. The highest BCUT2D eigenvalue weighted by molar-refractivity contribution is 5.94. The van der Waals surface area contributed by atoms with Crippen LogP contribution >= 0.6 is 0 Å². The number of rotatable bonds is 2. The second kappa shape index (κ2) is 6.97. The topological polar surface area (TPSA) is 38.8 Å². The molecule has 2 aliphatic heterocycles. The number of likely N-dealkylation sites (tertiary alicyclic amines) is 1. The number of fused-ring (bicyclic) bond motifs is 2. The van der Waals surface area contributed by atoms with E-state index >= 15 is 0 Å². The number of amides is 1. The number of halogens is 1. The van der Waals surface area contributed by atoms with Crippen molar-refractivity contribution in [1.29, 1.82) is 0 Å². The van der Waals surface area contributed by atoms with E-state index in [1.54, 1.807) is 26.2 Å². The van der Waals surface area contributed by atoms with E-state index in [0.29, 0.717) is 30.8 Å². The van der Waals surface area contributed by atoms with Crippen molar-refractivity contribution < 1.29 is 18.7 Å². The molecule has 2 heterocycles. The Morgan fingerprint density at radius 2 is 1.96 bits per heavy atom. The van der Waals surface area contributed by atoms with Crippen LogP contribution in [-0.4, -0.2) is 37.6 Å². The summed E-state index contributed by atoms with van der Waals surface area (Å²) < 4.78 is 25.1. The average Bonchev–Trinajstić information content (AvgIpc) is 2.70. The molecule has 5 heteroatoms. The van der Waals surface area contributed by atoms with Gasteiger partial charge in [0, 0.05) is 18.7 Å². The van der Waals surface area contributed by atoms with E-state index in [0.717, 1.165) is 25.0 Å². The SMILES string of the molecule is COc1ccc2c(c1)CCOC21CCN(C(=O)c2ccc(F)c(C)c2)CC1. The van der Waals surface area contributed by atoms with Crippen molar-refractivity contribution in [2.24, 2.45) is 0 Å². The molecule has 0 N–H and O–H groups in total. The van der Waals surface area contributed by atoms with Gasteiger partial charge in [0.15, 0.2) is 0 Å². The molecule has 0 aliphatic carbocycles. The van der Waals surface area contributed by atoms with E-state index in [-0.39, 0.29) is 17.3 Å². The van der Waals surface area contributed by atoms with Crippen LogP contribution in [0.2, 0.25) is 0 Å². The third-order valence-electron chi connectivity index (χ3n) is 5.82. The molecular weight excluding hydrogens is 345 g/mol. The molecule has 0 unspecified atom stereocenters. The minimum atomic E-state index is -0.324. The van der Waals surface area contributed by atoms with E-state index in [1.165, 1.54) is 17.2 Å². The Balaban J connectivity index is 1.52. The lowest BCUT2D eigenvalue weighted by Crippen LogP contribution is -2.48. The van der Waals surface area contributed by atoms with Gasteiger partial charge in [-0.15, -0.1) is 0 Å². The van der Waals surface area contributed by atoms with Crippen LogP contribution in [0.5, 0.6) is 5.75 Å². The van der Waals surface area contributed by atoms with Crippen LogP contribution in [0, 0.1) is 12.7 Å². The highest BCUT2D eigenvalue weighted by Crippen LogP contribution is 2.42. The first-order valence-electron chi connectivity index (χ1n) is 9.39. The summed E-state index contributed by atoms with van der Waals surface area (Å²) >= 11 is 0. The third kappa shape index (κ3) is 3.21. The summed E-state index contributed by atoms with van der Waals surface area (Å²) in [6.07, 6.45) is 2.41. The zero-order valence-electron chi connectivity index (χ0n) is 15.8. The number of carbonyl (C=O) groups is 1. The number of hydrogen-bond donors (Lipinski definition) is 0. The van der Waals surface area contributed by atoms with Gasteiger partial charge in [0.05, 0.1) is 19.3 Å². The van der Waals surface area contributed by atoms with Crippen molar-refractivity contribution in [3.05, 3.63) is 64.5 Å². The van der Waals surface area contributed by atoms with Crippen molar-refractivity contribution >= 4 is 5.91 Å². The molecule has 27 heavy (non-hydrogen) atoms. The smallest absolute Gasteiger partial charge is 0.253 e. The minimum absolute atomic E-state index is 0.0429. The highest BCUT2D eigenvalue weighted by Gasteiger charge is 2.41. The van der Waals surface area contributed by atoms with Crippen molar-refractivity contribution in [3.8, 4) is 5.75 Å². The summed E-state index contributed by atoms with van der Waals surface area (Å²) in [7, 11) is 1.68. The summed E-state index contributed by atoms with van der Waals surface area (Å²) in [4.78, 5) is 14.7. The molecule has 2 aromatic rings. The van der Waals surface area contributed by atoms with Gasteiger partial charge in [-0.25, -0.2) is 4.39 Å². The van der Waals surface area contributed by atoms with Crippen LogP contribution < -0.4 is 4.74 Å². The first-order valence-corrected chi connectivity index (χ1v) is 9.39. The Hall–Kier alpha value is -2.40. The highest BCUT2D eigenvalue weighted by atomic mass is 19.1. The maximum atomic E-state index is 13.5. The first-order chi connectivity index (χ1) is 13.0. The summed E-state index contributed by atoms with van der Waals surface area (Å²) in [6.45, 7) is 3.62. The Kier molecular flexibility index (Phi) is 4.64. The third-order valence-corrected chi connectivity index (χ3v) is 5.82. The summed E-state index contributed by atoms with van der Waals surface area (Å²) in [5.74, 6) is 0.538. The van der Waals surface area contributed by atoms with Crippen LogP contribution in [0.15, 0.2) is 36.4 Å². The lowest BCUT2D eigenvalue weighted by atomic mass is 9.79. The molecule has 142 valence electrons. The second-order valence-corrected chi connectivity index (χ2v) is 7.37. The lowest BCUT2D eigenvalue weighted by molar-refractivity contribution is -0.0935.